The molecule has 6 nitrogen and oxygen atoms in total. The molecule has 2 aliphatic heterocycles. The summed E-state index contributed by atoms with van der Waals surface area (Å²) in [6.07, 6.45) is 1.11. The molecule has 3 aromatic rings. The number of hydrogen-bond acceptors (Lipinski definition) is 6. The molecule has 0 saturated carbocycles. The quantitative estimate of drug-likeness (QED) is 0.703. The van der Waals surface area contributed by atoms with E-state index in [0.717, 1.165) is 30.7 Å². The molecule has 8 heteroatoms. The number of rotatable bonds is 1. The van der Waals surface area contributed by atoms with E-state index in [1.54, 1.807) is 12.1 Å². The number of nitrogen functional groups attached to an aromatic ring is 1. The van der Waals surface area contributed by atoms with Crippen LogP contribution in [0.1, 0.15) is 6.42 Å². The van der Waals surface area contributed by atoms with Crippen molar-refractivity contribution >= 4 is 57.0 Å². The Morgan fingerprint density at radius 1 is 1.26 bits per heavy atom. The molecule has 2 bridgehead atoms. The molecule has 4 heterocycles. The second-order valence-electron chi connectivity index (χ2n) is 6.10. The minimum atomic E-state index is 0.224. The Bertz CT molecular complexity index is 956. The van der Waals surface area contributed by atoms with E-state index in [-0.39, 0.29) is 5.95 Å². The van der Waals surface area contributed by atoms with Crippen LogP contribution in [0.25, 0.3) is 22.1 Å². The minimum absolute atomic E-state index is 0.224. The van der Waals surface area contributed by atoms with Gasteiger partial charge in [0.2, 0.25) is 5.95 Å². The largest absolute Gasteiger partial charge is 0.449 e. The summed E-state index contributed by atoms with van der Waals surface area (Å²) in [5, 5.41) is 5.23. The third-order valence-corrected chi connectivity index (χ3v) is 5.16. The van der Waals surface area contributed by atoms with Gasteiger partial charge in [0, 0.05) is 30.2 Å². The summed E-state index contributed by atoms with van der Waals surface area (Å²) >= 11 is 12.4. The number of nitrogens with two attached hydrogens (primary N) is 1. The van der Waals surface area contributed by atoms with Gasteiger partial charge in [0.25, 0.3) is 0 Å². The Hall–Kier alpha value is -1.76. The van der Waals surface area contributed by atoms with Crippen LogP contribution in [0, 0.1) is 0 Å². The van der Waals surface area contributed by atoms with Crippen LogP contribution >= 0.6 is 23.2 Å². The topological polar surface area (TPSA) is 80.2 Å². The van der Waals surface area contributed by atoms with Crippen molar-refractivity contribution in [3.63, 3.8) is 0 Å². The number of halogens is 2. The Labute approximate surface area is 141 Å². The highest BCUT2D eigenvalue weighted by Gasteiger charge is 2.39. The van der Waals surface area contributed by atoms with Crippen molar-refractivity contribution in [3.8, 4) is 0 Å². The SMILES string of the molecule is Nc1nc(N2C[C@@H]3C[C@H]2CN3)c2oc3c(Cl)cc(Cl)cc3c2n1. The second kappa shape index (κ2) is 4.63. The minimum Gasteiger partial charge on any atom is -0.449 e. The van der Waals surface area contributed by atoms with E-state index in [1.165, 1.54) is 0 Å². The van der Waals surface area contributed by atoms with Crippen molar-refractivity contribution < 1.29 is 4.42 Å². The lowest BCUT2D eigenvalue weighted by atomic mass is 10.2. The van der Waals surface area contributed by atoms with Gasteiger partial charge in [-0.1, -0.05) is 23.2 Å². The van der Waals surface area contributed by atoms with Gasteiger partial charge in [0.05, 0.1) is 10.4 Å². The number of aromatic nitrogens is 2. The molecule has 5 rings (SSSR count). The van der Waals surface area contributed by atoms with E-state index in [0.29, 0.717) is 38.8 Å². The highest BCUT2D eigenvalue weighted by molar-refractivity contribution is 6.39. The summed E-state index contributed by atoms with van der Waals surface area (Å²) in [7, 11) is 0. The third kappa shape index (κ3) is 1.92. The van der Waals surface area contributed by atoms with Gasteiger partial charge in [-0.2, -0.15) is 4.98 Å². The maximum Gasteiger partial charge on any atom is 0.222 e. The highest BCUT2D eigenvalue weighted by Crippen LogP contribution is 2.40. The first-order chi connectivity index (χ1) is 11.1. The number of piperazine rings is 1. The van der Waals surface area contributed by atoms with Crippen molar-refractivity contribution in [1.29, 1.82) is 0 Å². The predicted molar refractivity (Wildman–Crippen MR) is 91.3 cm³/mol. The van der Waals surface area contributed by atoms with Crippen molar-refractivity contribution in [1.82, 2.24) is 15.3 Å². The fraction of sp³-hybridized carbons (Fsp3) is 0.333. The summed E-state index contributed by atoms with van der Waals surface area (Å²) in [5.74, 6) is 0.965. The van der Waals surface area contributed by atoms with Crippen LogP contribution in [0.5, 0.6) is 0 Å². The monoisotopic (exact) mass is 349 g/mol. The third-order valence-electron chi connectivity index (χ3n) is 4.66. The maximum absolute atomic E-state index is 6.27. The molecule has 2 atom stereocenters. The normalized spacial score (nSPS) is 23.5. The summed E-state index contributed by atoms with van der Waals surface area (Å²) < 4.78 is 6.01. The zero-order chi connectivity index (χ0) is 15.7. The standard InChI is InChI=1S/C15H13Cl2N5O/c16-6-1-9-11-13(23-12(9)10(17)2-6)14(21-15(18)20-11)22-5-7-3-8(22)4-19-7/h1-2,7-8,19H,3-5H2,(H2,18,20,21)/t7-,8-/m0/s1. The van der Waals surface area contributed by atoms with E-state index in [4.69, 9.17) is 33.4 Å². The van der Waals surface area contributed by atoms with Gasteiger partial charge in [-0.3, -0.25) is 0 Å². The zero-order valence-corrected chi connectivity index (χ0v) is 13.5. The van der Waals surface area contributed by atoms with E-state index >= 15 is 0 Å². The lowest BCUT2D eigenvalue weighted by molar-refractivity contribution is 0.572. The van der Waals surface area contributed by atoms with Crippen LogP contribution in [0.15, 0.2) is 16.5 Å². The van der Waals surface area contributed by atoms with Crippen molar-refractivity contribution in [3.05, 3.63) is 22.2 Å². The average molecular weight is 350 g/mol. The van der Waals surface area contributed by atoms with Crippen LogP contribution in [-0.2, 0) is 0 Å². The molecule has 118 valence electrons. The van der Waals surface area contributed by atoms with Crippen LogP contribution in [0.4, 0.5) is 11.8 Å². The summed E-state index contributed by atoms with van der Waals surface area (Å²) in [6, 6.07) is 4.35. The number of benzene rings is 1. The fourth-order valence-corrected chi connectivity index (χ4v) is 4.22. The molecule has 0 radical (unpaired) electrons. The van der Waals surface area contributed by atoms with Gasteiger partial charge in [-0.25, -0.2) is 4.98 Å². The number of hydrogen-bond donors (Lipinski definition) is 2. The Morgan fingerprint density at radius 2 is 2.13 bits per heavy atom. The van der Waals surface area contributed by atoms with E-state index < -0.39 is 0 Å². The van der Waals surface area contributed by atoms with Crippen molar-refractivity contribution in [2.75, 3.05) is 23.7 Å². The maximum atomic E-state index is 6.27. The molecule has 2 aromatic heterocycles. The summed E-state index contributed by atoms with van der Waals surface area (Å²) in [4.78, 5) is 11.0. The molecule has 2 aliphatic rings. The second-order valence-corrected chi connectivity index (χ2v) is 6.94. The predicted octanol–water partition coefficient (Wildman–Crippen LogP) is 2.82. The van der Waals surface area contributed by atoms with Gasteiger partial charge in [0.1, 0.15) is 5.52 Å². The van der Waals surface area contributed by atoms with Crippen LogP contribution in [0.2, 0.25) is 10.0 Å². The zero-order valence-electron chi connectivity index (χ0n) is 12.0. The molecule has 0 spiro atoms. The van der Waals surface area contributed by atoms with Gasteiger partial charge in [0.15, 0.2) is 17.0 Å². The van der Waals surface area contributed by atoms with Gasteiger partial charge >= 0.3 is 0 Å². The lowest BCUT2D eigenvalue weighted by Crippen LogP contribution is -2.44. The van der Waals surface area contributed by atoms with E-state index in [9.17, 15) is 0 Å². The fourth-order valence-electron chi connectivity index (χ4n) is 3.69. The first-order valence-corrected chi connectivity index (χ1v) is 8.20. The Balaban J connectivity index is 1.81. The lowest BCUT2D eigenvalue weighted by Gasteiger charge is -2.28. The number of anilines is 2. The number of nitrogens with one attached hydrogen (secondary N) is 1. The molecule has 0 aliphatic carbocycles. The first-order valence-electron chi connectivity index (χ1n) is 7.45. The Kier molecular flexibility index (Phi) is 2.75. The first kappa shape index (κ1) is 13.7. The molecule has 2 fully saturated rings. The summed E-state index contributed by atoms with van der Waals surface area (Å²) in [6.45, 7) is 1.84. The molecular weight excluding hydrogens is 337 g/mol. The van der Waals surface area contributed by atoms with Gasteiger partial charge in [-0.05, 0) is 18.6 Å². The van der Waals surface area contributed by atoms with Crippen LogP contribution in [0.3, 0.4) is 0 Å². The van der Waals surface area contributed by atoms with Gasteiger partial charge in [-0.15, -0.1) is 0 Å². The van der Waals surface area contributed by atoms with Gasteiger partial charge < -0.3 is 20.4 Å². The molecule has 2 saturated heterocycles. The Morgan fingerprint density at radius 3 is 2.87 bits per heavy atom. The average Bonchev–Trinajstić information content (AvgIpc) is 3.20. The summed E-state index contributed by atoms with van der Waals surface area (Å²) in [5.41, 5.74) is 7.78. The molecule has 23 heavy (non-hydrogen) atoms. The highest BCUT2D eigenvalue weighted by atomic mass is 35.5. The molecular formula is C15H13Cl2N5O. The van der Waals surface area contributed by atoms with Crippen molar-refractivity contribution in [2.45, 2.75) is 18.5 Å². The molecule has 3 N–H and O–H groups in total. The number of furan rings is 1. The van der Waals surface area contributed by atoms with Crippen LogP contribution in [-0.4, -0.2) is 35.1 Å². The van der Waals surface area contributed by atoms with Crippen molar-refractivity contribution in [2.24, 2.45) is 0 Å². The molecule has 1 aromatic carbocycles. The number of fused-ring (bicyclic) bond motifs is 5. The number of nitrogens with zero attached hydrogens (tertiary/aromatic N) is 3. The van der Waals surface area contributed by atoms with E-state index in [2.05, 4.69) is 20.2 Å². The molecule has 0 amide bonds. The van der Waals surface area contributed by atoms with E-state index in [1.807, 2.05) is 0 Å². The smallest absolute Gasteiger partial charge is 0.222 e. The molecule has 0 unspecified atom stereocenters. The van der Waals surface area contributed by atoms with Crippen LogP contribution < -0.4 is 16.0 Å².